The summed E-state index contributed by atoms with van der Waals surface area (Å²) in [5.41, 5.74) is 2.44. The van der Waals surface area contributed by atoms with Crippen LogP contribution in [0.25, 0.3) is 11.3 Å². The standard InChI is InChI=1S/C19H15ClN2O3/c20-15-7-3-2-6-14(15)17-10-13(22-25-17)11-21-19(23)18-9-12-5-1-4-8-16(12)24-18/h1-8,10,18H,9,11H2,(H,21,23)/t18-/m0/s1. The molecule has 4 rings (SSSR count). The Balaban J connectivity index is 1.38. The molecular weight excluding hydrogens is 340 g/mol. The van der Waals surface area contributed by atoms with Crippen LogP contribution in [0.5, 0.6) is 5.75 Å². The monoisotopic (exact) mass is 354 g/mol. The van der Waals surface area contributed by atoms with Crippen molar-refractivity contribution in [2.45, 2.75) is 19.1 Å². The highest BCUT2D eigenvalue weighted by molar-refractivity contribution is 6.33. The molecule has 1 aliphatic rings. The van der Waals surface area contributed by atoms with E-state index >= 15 is 0 Å². The number of hydrogen-bond donors (Lipinski definition) is 1. The van der Waals surface area contributed by atoms with Crippen molar-refractivity contribution in [2.75, 3.05) is 0 Å². The van der Waals surface area contributed by atoms with Crippen LogP contribution in [0.1, 0.15) is 11.3 Å². The van der Waals surface area contributed by atoms with E-state index in [0.29, 0.717) is 22.9 Å². The van der Waals surface area contributed by atoms with Gasteiger partial charge >= 0.3 is 0 Å². The molecule has 5 nitrogen and oxygen atoms in total. The number of rotatable bonds is 4. The lowest BCUT2D eigenvalue weighted by Crippen LogP contribution is -2.37. The minimum Gasteiger partial charge on any atom is -0.480 e. The van der Waals surface area contributed by atoms with Crippen molar-refractivity contribution in [2.24, 2.45) is 0 Å². The first kappa shape index (κ1) is 15.7. The van der Waals surface area contributed by atoms with Gasteiger partial charge in [-0.1, -0.05) is 47.1 Å². The van der Waals surface area contributed by atoms with Crippen LogP contribution in [0, 0.1) is 0 Å². The number of halogens is 1. The maximum atomic E-state index is 12.3. The lowest BCUT2D eigenvalue weighted by molar-refractivity contribution is -0.127. The lowest BCUT2D eigenvalue weighted by atomic mass is 10.1. The number of para-hydroxylation sites is 1. The average molecular weight is 355 g/mol. The number of carbonyl (C=O) groups is 1. The van der Waals surface area contributed by atoms with E-state index in [0.717, 1.165) is 16.9 Å². The minimum absolute atomic E-state index is 0.168. The van der Waals surface area contributed by atoms with Crippen molar-refractivity contribution >= 4 is 17.5 Å². The molecule has 0 unspecified atom stereocenters. The SMILES string of the molecule is O=C(NCc1cc(-c2ccccc2Cl)on1)[C@@H]1Cc2ccccc2O1. The summed E-state index contributed by atoms with van der Waals surface area (Å²) >= 11 is 6.15. The van der Waals surface area contributed by atoms with Gasteiger partial charge in [0.2, 0.25) is 0 Å². The van der Waals surface area contributed by atoms with E-state index in [9.17, 15) is 4.79 Å². The molecule has 6 heteroatoms. The first-order valence-electron chi connectivity index (χ1n) is 7.93. The molecule has 0 bridgehead atoms. The topological polar surface area (TPSA) is 64.4 Å². The van der Waals surface area contributed by atoms with Gasteiger partial charge in [0.05, 0.1) is 11.6 Å². The zero-order chi connectivity index (χ0) is 17.2. The fraction of sp³-hybridized carbons (Fsp3) is 0.158. The number of nitrogens with zero attached hydrogens (tertiary/aromatic N) is 1. The second-order valence-corrected chi connectivity index (χ2v) is 6.21. The molecule has 126 valence electrons. The van der Waals surface area contributed by atoms with Crippen LogP contribution >= 0.6 is 11.6 Å². The summed E-state index contributed by atoms with van der Waals surface area (Å²) in [6.45, 7) is 0.267. The zero-order valence-corrected chi connectivity index (χ0v) is 14.0. The maximum absolute atomic E-state index is 12.3. The Bertz CT molecular complexity index is 897. The van der Waals surface area contributed by atoms with Crippen molar-refractivity contribution in [1.82, 2.24) is 10.5 Å². The maximum Gasteiger partial charge on any atom is 0.261 e. The summed E-state index contributed by atoms with van der Waals surface area (Å²) in [4.78, 5) is 12.3. The normalized spacial score (nSPS) is 15.5. The zero-order valence-electron chi connectivity index (χ0n) is 13.2. The van der Waals surface area contributed by atoms with Gasteiger partial charge in [-0.2, -0.15) is 0 Å². The Kier molecular flexibility index (Phi) is 4.15. The number of ether oxygens (including phenoxy) is 1. The highest BCUT2D eigenvalue weighted by atomic mass is 35.5. The lowest BCUT2D eigenvalue weighted by Gasteiger charge is -2.10. The molecule has 0 saturated heterocycles. The first-order chi connectivity index (χ1) is 12.2. The second kappa shape index (κ2) is 6.61. The Morgan fingerprint density at radius 2 is 2.00 bits per heavy atom. The number of fused-ring (bicyclic) bond motifs is 1. The van der Waals surface area contributed by atoms with Crippen LogP contribution in [0.2, 0.25) is 5.02 Å². The smallest absolute Gasteiger partial charge is 0.261 e. The molecule has 1 N–H and O–H groups in total. The van der Waals surface area contributed by atoms with Gasteiger partial charge < -0.3 is 14.6 Å². The molecule has 0 aliphatic carbocycles. The van der Waals surface area contributed by atoms with Gasteiger partial charge in [-0.25, -0.2) is 0 Å². The van der Waals surface area contributed by atoms with Crippen LogP contribution in [0.4, 0.5) is 0 Å². The Morgan fingerprint density at radius 3 is 2.84 bits per heavy atom. The van der Waals surface area contributed by atoms with Crippen molar-refractivity contribution in [3.8, 4) is 17.1 Å². The molecule has 0 fully saturated rings. The van der Waals surface area contributed by atoms with Gasteiger partial charge in [0.1, 0.15) is 11.4 Å². The van der Waals surface area contributed by atoms with E-state index in [2.05, 4.69) is 10.5 Å². The molecule has 0 saturated carbocycles. The molecule has 1 aliphatic heterocycles. The Labute approximate surface area is 149 Å². The molecular formula is C19H15ClN2O3. The molecule has 0 radical (unpaired) electrons. The van der Waals surface area contributed by atoms with E-state index < -0.39 is 6.10 Å². The van der Waals surface area contributed by atoms with Crippen LogP contribution in [-0.4, -0.2) is 17.2 Å². The van der Waals surface area contributed by atoms with Crippen molar-refractivity contribution in [1.29, 1.82) is 0 Å². The van der Waals surface area contributed by atoms with Crippen LogP contribution < -0.4 is 10.1 Å². The van der Waals surface area contributed by atoms with E-state index in [-0.39, 0.29) is 12.5 Å². The third-order valence-corrected chi connectivity index (χ3v) is 4.41. The van der Waals surface area contributed by atoms with E-state index in [1.807, 2.05) is 42.5 Å². The summed E-state index contributed by atoms with van der Waals surface area (Å²) < 4.78 is 11.0. The third-order valence-electron chi connectivity index (χ3n) is 4.08. The van der Waals surface area contributed by atoms with Gasteiger partial charge in [0, 0.05) is 18.1 Å². The molecule has 2 aromatic carbocycles. The molecule has 0 spiro atoms. The van der Waals surface area contributed by atoms with Gasteiger partial charge in [-0.3, -0.25) is 4.79 Å². The molecule has 1 amide bonds. The summed E-state index contributed by atoms with van der Waals surface area (Å²) in [6, 6.07) is 16.8. The summed E-state index contributed by atoms with van der Waals surface area (Å²) in [6.07, 6.45) is 0.0680. The Hall–Kier alpha value is -2.79. The summed E-state index contributed by atoms with van der Waals surface area (Å²) in [5, 5.41) is 7.41. The van der Waals surface area contributed by atoms with Crippen LogP contribution in [-0.2, 0) is 17.8 Å². The molecule has 2 heterocycles. The van der Waals surface area contributed by atoms with E-state index in [1.165, 1.54) is 0 Å². The second-order valence-electron chi connectivity index (χ2n) is 5.80. The Morgan fingerprint density at radius 1 is 1.20 bits per heavy atom. The van der Waals surface area contributed by atoms with Gasteiger partial charge in [-0.05, 0) is 23.8 Å². The van der Waals surface area contributed by atoms with E-state index in [4.69, 9.17) is 20.9 Å². The number of amides is 1. The third kappa shape index (κ3) is 3.23. The summed E-state index contributed by atoms with van der Waals surface area (Å²) in [5.74, 6) is 1.17. The minimum atomic E-state index is -0.507. The van der Waals surface area contributed by atoms with Crippen LogP contribution in [0.15, 0.2) is 59.1 Å². The van der Waals surface area contributed by atoms with Crippen molar-refractivity contribution in [3.63, 3.8) is 0 Å². The quantitative estimate of drug-likeness (QED) is 0.777. The van der Waals surface area contributed by atoms with Gasteiger partial charge in [0.25, 0.3) is 5.91 Å². The summed E-state index contributed by atoms with van der Waals surface area (Å²) in [7, 11) is 0. The number of hydrogen-bond acceptors (Lipinski definition) is 4. The highest BCUT2D eigenvalue weighted by Crippen LogP contribution is 2.29. The van der Waals surface area contributed by atoms with Crippen molar-refractivity contribution in [3.05, 3.63) is 70.9 Å². The van der Waals surface area contributed by atoms with Gasteiger partial charge in [-0.15, -0.1) is 0 Å². The number of benzene rings is 2. The molecule has 1 atom stereocenters. The number of aromatic nitrogens is 1. The van der Waals surface area contributed by atoms with E-state index in [1.54, 1.807) is 12.1 Å². The highest BCUT2D eigenvalue weighted by Gasteiger charge is 2.28. The predicted molar refractivity (Wildman–Crippen MR) is 93.4 cm³/mol. The largest absolute Gasteiger partial charge is 0.480 e. The number of carbonyl (C=O) groups excluding carboxylic acids is 1. The average Bonchev–Trinajstić information content (AvgIpc) is 3.27. The van der Waals surface area contributed by atoms with Gasteiger partial charge in [0.15, 0.2) is 11.9 Å². The first-order valence-corrected chi connectivity index (χ1v) is 8.31. The van der Waals surface area contributed by atoms with Crippen LogP contribution in [0.3, 0.4) is 0 Å². The molecule has 25 heavy (non-hydrogen) atoms. The predicted octanol–water partition coefficient (Wildman–Crippen LogP) is 3.61. The fourth-order valence-electron chi connectivity index (χ4n) is 2.80. The molecule has 1 aromatic heterocycles. The molecule has 3 aromatic rings. The van der Waals surface area contributed by atoms with Crippen molar-refractivity contribution < 1.29 is 14.1 Å². The number of nitrogens with one attached hydrogen (secondary N) is 1. The fourth-order valence-corrected chi connectivity index (χ4v) is 3.03.